The molecule has 1 unspecified atom stereocenters. The summed E-state index contributed by atoms with van der Waals surface area (Å²) in [4.78, 5) is 8.43. The van der Waals surface area contributed by atoms with E-state index >= 15 is 0 Å². The first-order chi connectivity index (χ1) is 12.7. The van der Waals surface area contributed by atoms with Crippen molar-refractivity contribution in [1.29, 1.82) is 0 Å². The van der Waals surface area contributed by atoms with Crippen LogP contribution in [0.25, 0.3) is 10.9 Å². The number of aromatic nitrogens is 1. The van der Waals surface area contributed by atoms with E-state index in [2.05, 4.69) is 33.8 Å². The Bertz CT molecular complexity index is 884. The molecule has 1 saturated heterocycles. The number of aliphatic hydroxyl groups is 1. The average Bonchev–Trinajstić information content (AvgIpc) is 3.15. The van der Waals surface area contributed by atoms with E-state index in [-0.39, 0.29) is 6.10 Å². The van der Waals surface area contributed by atoms with E-state index < -0.39 is 0 Å². The molecule has 1 atom stereocenters. The van der Waals surface area contributed by atoms with Gasteiger partial charge in [-0.05, 0) is 42.5 Å². The largest absolute Gasteiger partial charge is 0.391 e. The van der Waals surface area contributed by atoms with Crippen LogP contribution in [0.5, 0.6) is 0 Å². The Balaban J connectivity index is 1.63. The molecule has 136 valence electrons. The van der Waals surface area contributed by atoms with Gasteiger partial charge in [-0.25, -0.2) is 4.98 Å². The summed E-state index contributed by atoms with van der Waals surface area (Å²) >= 11 is 7.91. The Morgan fingerprint density at radius 2 is 2.19 bits per heavy atom. The van der Waals surface area contributed by atoms with Crippen molar-refractivity contribution in [2.45, 2.75) is 32.0 Å². The van der Waals surface area contributed by atoms with Crippen LogP contribution in [0.3, 0.4) is 0 Å². The number of aliphatic hydroxyl groups excluding tert-OH is 1. The molecule has 4 nitrogen and oxygen atoms in total. The number of hydrogen-bond acceptors (Lipinski definition) is 5. The van der Waals surface area contributed by atoms with Gasteiger partial charge in [0.25, 0.3) is 0 Å². The molecule has 0 amide bonds. The highest BCUT2D eigenvalue weighted by Crippen LogP contribution is 2.28. The quantitative estimate of drug-likeness (QED) is 0.688. The van der Waals surface area contributed by atoms with E-state index in [1.165, 1.54) is 4.88 Å². The number of fused-ring (bicyclic) bond motifs is 1. The van der Waals surface area contributed by atoms with E-state index in [4.69, 9.17) is 16.6 Å². The summed E-state index contributed by atoms with van der Waals surface area (Å²) in [5.74, 6) is 0.956. The van der Waals surface area contributed by atoms with Gasteiger partial charge in [0.2, 0.25) is 0 Å². The van der Waals surface area contributed by atoms with E-state index in [9.17, 15) is 5.11 Å². The van der Waals surface area contributed by atoms with Crippen LogP contribution in [0, 0.1) is 0 Å². The summed E-state index contributed by atoms with van der Waals surface area (Å²) in [5, 5.41) is 17.5. The predicted octanol–water partition coefficient (Wildman–Crippen LogP) is 4.20. The molecule has 1 aliphatic rings. The standard InChI is InChI=1S/C20H22ClN3OS/c21-16-6-5-14-9-15(11-22-12-18-4-2-8-26-18)20(23-19(14)10-16)24-7-1-3-17(25)13-24/h2,4-6,8-10,17,22,25H,1,3,7,11-13H2. The van der Waals surface area contributed by atoms with Crippen LogP contribution in [-0.2, 0) is 13.1 Å². The Morgan fingerprint density at radius 3 is 3.00 bits per heavy atom. The van der Waals surface area contributed by atoms with Gasteiger partial charge in [-0.15, -0.1) is 11.3 Å². The second-order valence-electron chi connectivity index (χ2n) is 6.73. The number of piperidine rings is 1. The van der Waals surface area contributed by atoms with Crippen molar-refractivity contribution in [3.05, 3.63) is 57.2 Å². The third-order valence-electron chi connectivity index (χ3n) is 4.73. The van der Waals surface area contributed by atoms with Gasteiger partial charge >= 0.3 is 0 Å². The number of β-amino-alcohol motifs (C(OH)–C–C–N with tert-alkyl or cyclic N) is 1. The zero-order valence-electron chi connectivity index (χ0n) is 14.5. The Hall–Kier alpha value is -1.66. The average molecular weight is 388 g/mol. The maximum Gasteiger partial charge on any atom is 0.133 e. The monoisotopic (exact) mass is 387 g/mol. The summed E-state index contributed by atoms with van der Waals surface area (Å²) in [6.45, 7) is 3.15. The predicted molar refractivity (Wildman–Crippen MR) is 109 cm³/mol. The van der Waals surface area contributed by atoms with E-state index in [1.54, 1.807) is 11.3 Å². The smallest absolute Gasteiger partial charge is 0.133 e. The number of thiophene rings is 1. The summed E-state index contributed by atoms with van der Waals surface area (Å²) in [5.41, 5.74) is 2.06. The van der Waals surface area contributed by atoms with Gasteiger partial charge in [-0.2, -0.15) is 0 Å². The minimum atomic E-state index is -0.285. The Morgan fingerprint density at radius 1 is 1.27 bits per heavy atom. The van der Waals surface area contributed by atoms with E-state index in [1.807, 2.05) is 18.2 Å². The lowest BCUT2D eigenvalue weighted by Gasteiger charge is -2.32. The molecule has 1 fully saturated rings. The zero-order valence-corrected chi connectivity index (χ0v) is 16.1. The van der Waals surface area contributed by atoms with Crippen LogP contribution < -0.4 is 10.2 Å². The second-order valence-corrected chi connectivity index (χ2v) is 8.20. The van der Waals surface area contributed by atoms with Crippen molar-refractivity contribution >= 4 is 39.7 Å². The lowest BCUT2D eigenvalue weighted by atomic mass is 10.1. The highest BCUT2D eigenvalue weighted by atomic mass is 35.5. The molecule has 0 aliphatic carbocycles. The number of rotatable bonds is 5. The van der Waals surface area contributed by atoms with Crippen LogP contribution in [0.15, 0.2) is 41.8 Å². The van der Waals surface area contributed by atoms with Gasteiger partial charge in [0, 0.05) is 47.0 Å². The Kier molecular flexibility index (Phi) is 5.41. The molecule has 3 heterocycles. The topological polar surface area (TPSA) is 48.4 Å². The molecule has 6 heteroatoms. The van der Waals surface area contributed by atoms with Crippen LogP contribution in [-0.4, -0.2) is 29.3 Å². The first-order valence-corrected chi connectivity index (χ1v) is 10.2. The van der Waals surface area contributed by atoms with Crippen LogP contribution in [0.4, 0.5) is 5.82 Å². The third-order valence-corrected chi connectivity index (χ3v) is 5.84. The molecule has 0 radical (unpaired) electrons. The maximum atomic E-state index is 10.1. The Labute approximate surface area is 162 Å². The van der Waals surface area contributed by atoms with E-state index in [0.29, 0.717) is 11.6 Å². The molecule has 4 rings (SSSR count). The van der Waals surface area contributed by atoms with E-state index in [0.717, 1.165) is 54.8 Å². The fraction of sp³-hybridized carbons (Fsp3) is 0.350. The minimum absolute atomic E-state index is 0.285. The van der Waals surface area contributed by atoms with Crippen LogP contribution >= 0.6 is 22.9 Å². The van der Waals surface area contributed by atoms with Gasteiger partial charge in [-0.3, -0.25) is 0 Å². The lowest BCUT2D eigenvalue weighted by Crippen LogP contribution is -2.39. The van der Waals surface area contributed by atoms with Gasteiger partial charge in [-0.1, -0.05) is 23.7 Å². The summed E-state index contributed by atoms with van der Waals surface area (Å²) in [6, 6.07) is 12.2. The van der Waals surface area contributed by atoms with Crippen molar-refractivity contribution in [2.75, 3.05) is 18.0 Å². The number of halogens is 1. The number of pyridine rings is 1. The summed E-state index contributed by atoms with van der Waals surface area (Å²) in [7, 11) is 0. The van der Waals surface area contributed by atoms with Crippen molar-refractivity contribution in [3.63, 3.8) is 0 Å². The molecular weight excluding hydrogens is 366 g/mol. The lowest BCUT2D eigenvalue weighted by molar-refractivity contribution is 0.154. The first-order valence-electron chi connectivity index (χ1n) is 8.94. The van der Waals surface area contributed by atoms with Crippen LogP contribution in [0.2, 0.25) is 5.02 Å². The molecule has 1 aromatic carbocycles. The molecule has 3 aromatic rings. The fourth-order valence-electron chi connectivity index (χ4n) is 3.46. The third kappa shape index (κ3) is 4.01. The maximum absolute atomic E-state index is 10.1. The zero-order chi connectivity index (χ0) is 17.9. The molecule has 1 aliphatic heterocycles. The second kappa shape index (κ2) is 7.92. The molecule has 26 heavy (non-hydrogen) atoms. The van der Waals surface area contributed by atoms with Gasteiger partial charge in [0.05, 0.1) is 11.6 Å². The minimum Gasteiger partial charge on any atom is -0.391 e. The molecule has 0 saturated carbocycles. The van der Waals surface area contributed by atoms with Gasteiger partial charge in [0.1, 0.15) is 5.82 Å². The number of benzene rings is 1. The molecular formula is C20H22ClN3OS. The highest BCUT2D eigenvalue weighted by Gasteiger charge is 2.21. The van der Waals surface area contributed by atoms with Crippen molar-refractivity contribution in [1.82, 2.24) is 10.3 Å². The number of hydrogen-bond donors (Lipinski definition) is 2. The van der Waals surface area contributed by atoms with Crippen molar-refractivity contribution in [3.8, 4) is 0 Å². The SMILES string of the molecule is OC1CCCN(c2nc3cc(Cl)ccc3cc2CNCc2cccs2)C1. The fourth-order valence-corrected chi connectivity index (χ4v) is 4.30. The van der Waals surface area contributed by atoms with Gasteiger partial charge < -0.3 is 15.3 Å². The van der Waals surface area contributed by atoms with Crippen molar-refractivity contribution in [2.24, 2.45) is 0 Å². The summed E-state index contributed by atoms with van der Waals surface area (Å²) < 4.78 is 0. The molecule has 2 N–H and O–H groups in total. The molecule has 0 bridgehead atoms. The number of anilines is 1. The number of nitrogens with one attached hydrogen (secondary N) is 1. The molecule has 0 spiro atoms. The summed E-state index contributed by atoms with van der Waals surface area (Å²) in [6.07, 6.45) is 1.56. The highest BCUT2D eigenvalue weighted by molar-refractivity contribution is 7.09. The normalized spacial score (nSPS) is 17.8. The van der Waals surface area contributed by atoms with Crippen LogP contribution in [0.1, 0.15) is 23.3 Å². The number of nitrogens with zero attached hydrogens (tertiary/aromatic N) is 2. The van der Waals surface area contributed by atoms with Gasteiger partial charge in [0.15, 0.2) is 0 Å². The first kappa shape index (κ1) is 17.7. The van der Waals surface area contributed by atoms with Crippen molar-refractivity contribution < 1.29 is 5.11 Å². The molecule has 2 aromatic heterocycles.